The zero-order chi connectivity index (χ0) is 19.3. The van der Waals surface area contributed by atoms with E-state index in [1.165, 1.54) is 16.7 Å². The minimum atomic E-state index is 0. The van der Waals surface area contributed by atoms with Crippen LogP contribution in [0.15, 0.2) is 47.6 Å². The van der Waals surface area contributed by atoms with Gasteiger partial charge < -0.3 is 20.0 Å². The molecule has 1 saturated heterocycles. The lowest BCUT2D eigenvalue weighted by Gasteiger charge is -2.33. The highest BCUT2D eigenvalue weighted by Gasteiger charge is 2.19. The lowest BCUT2D eigenvalue weighted by molar-refractivity contribution is 0.312. The topological polar surface area (TPSA) is 47.0 Å². The number of aromatic nitrogens is 1. The van der Waals surface area contributed by atoms with Crippen LogP contribution in [0.2, 0.25) is 0 Å². The Morgan fingerprint density at radius 3 is 2.48 bits per heavy atom. The summed E-state index contributed by atoms with van der Waals surface area (Å²) in [5, 5.41) is 3.51. The normalized spacial score (nSPS) is 17.5. The van der Waals surface area contributed by atoms with Crippen LogP contribution in [-0.2, 0) is 19.5 Å². The predicted octanol–water partition coefficient (Wildman–Crippen LogP) is 2.59. The van der Waals surface area contributed by atoms with Gasteiger partial charge in [0.25, 0.3) is 0 Å². The van der Waals surface area contributed by atoms with Crippen LogP contribution >= 0.6 is 24.0 Å². The number of benzene rings is 1. The fraction of sp³-hybridized carbons (Fsp3) is 0.455. The number of guanidine groups is 1. The van der Waals surface area contributed by atoms with Crippen LogP contribution in [0.25, 0.3) is 0 Å². The number of nitrogens with one attached hydrogen (secondary N) is 1. The van der Waals surface area contributed by atoms with Crippen LogP contribution in [0, 0.1) is 0 Å². The number of fused-ring (bicyclic) bond motifs is 1. The zero-order valence-electron chi connectivity index (χ0n) is 17.3. The van der Waals surface area contributed by atoms with Crippen molar-refractivity contribution >= 4 is 35.8 Å². The van der Waals surface area contributed by atoms with Gasteiger partial charge in [-0.1, -0.05) is 30.3 Å². The van der Waals surface area contributed by atoms with Gasteiger partial charge in [0.05, 0.1) is 0 Å². The zero-order valence-corrected chi connectivity index (χ0v) is 19.7. The van der Waals surface area contributed by atoms with Crippen molar-refractivity contribution in [3.63, 3.8) is 0 Å². The Hall–Kier alpha value is -1.87. The molecule has 1 N–H and O–H groups in total. The number of pyridine rings is 1. The van der Waals surface area contributed by atoms with Gasteiger partial charge in [-0.15, -0.1) is 24.0 Å². The molecule has 1 aromatic carbocycles. The molecule has 156 valence electrons. The maximum atomic E-state index is 4.69. The van der Waals surface area contributed by atoms with E-state index in [2.05, 4.69) is 73.4 Å². The molecule has 0 aliphatic carbocycles. The highest BCUT2D eigenvalue weighted by atomic mass is 127. The van der Waals surface area contributed by atoms with Crippen LogP contribution in [0.5, 0.6) is 0 Å². The van der Waals surface area contributed by atoms with E-state index in [-0.39, 0.29) is 24.0 Å². The van der Waals surface area contributed by atoms with Crippen molar-refractivity contribution in [1.29, 1.82) is 0 Å². The summed E-state index contributed by atoms with van der Waals surface area (Å²) in [4.78, 5) is 16.2. The molecule has 29 heavy (non-hydrogen) atoms. The van der Waals surface area contributed by atoms with E-state index in [1.807, 2.05) is 13.2 Å². The van der Waals surface area contributed by atoms with Crippen molar-refractivity contribution in [2.75, 3.05) is 51.7 Å². The second-order valence-corrected chi connectivity index (χ2v) is 7.66. The summed E-state index contributed by atoms with van der Waals surface area (Å²) in [6, 6.07) is 13.0. The van der Waals surface area contributed by atoms with Gasteiger partial charge in [-0.3, -0.25) is 4.99 Å². The molecule has 0 bridgehead atoms. The smallest absolute Gasteiger partial charge is 0.194 e. The number of hydrogen-bond acceptors (Lipinski definition) is 4. The molecule has 0 amide bonds. The number of halogens is 1. The van der Waals surface area contributed by atoms with E-state index in [1.54, 1.807) is 0 Å². The van der Waals surface area contributed by atoms with Crippen molar-refractivity contribution in [3.8, 4) is 0 Å². The summed E-state index contributed by atoms with van der Waals surface area (Å²) in [6.45, 7) is 6.93. The average Bonchev–Trinajstić information content (AvgIpc) is 2.75. The number of hydrogen-bond donors (Lipinski definition) is 1. The Kier molecular flexibility index (Phi) is 7.71. The third kappa shape index (κ3) is 5.39. The number of piperazine rings is 1. The maximum absolute atomic E-state index is 4.69. The quantitative estimate of drug-likeness (QED) is 0.394. The van der Waals surface area contributed by atoms with Gasteiger partial charge >= 0.3 is 0 Å². The van der Waals surface area contributed by atoms with Crippen molar-refractivity contribution < 1.29 is 0 Å². The number of rotatable bonds is 3. The SMILES string of the molecule is CN=C(NCc1ccc(N2CCN(C)CC2)nc1)N1CCc2ccccc2C1.I. The van der Waals surface area contributed by atoms with Crippen LogP contribution in [0.1, 0.15) is 16.7 Å². The molecule has 0 radical (unpaired) electrons. The van der Waals surface area contributed by atoms with Crippen LogP contribution in [0.4, 0.5) is 5.82 Å². The van der Waals surface area contributed by atoms with Gasteiger partial charge in [-0.05, 0) is 36.2 Å². The molecule has 0 unspecified atom stereocenters. The molecular formula is C22H31IN6. The Morgan fingerprint density at radius 2 is 1.79 bits per heavy atom. The molecule has 0 spiro atoms. The highest BCUT2D eigenvalue weighted by Crippen LogP contribution is 2.18. The van der Waals surface area contributed by atoms with E-state index < -0.39 is 0 Å². The monoisotopic (exact) mass is 506 g/mol. The van der Waals surface area contributed by atoms with Gasteiger partial charge in [0, 0.05) is 59.1 Å². The third-order valence-corrected chi connectivity index (χ3v) is 5.73. The van der Waals surface area contributed by atoms with Crippen molar-refractivity contribution in [3.05, 3.63) is 59.3 Å². The van der Waals surface area contributed by atoms with Crippen LogP contribution < -0.4 is 10.2 Å². The van der Waals surface area contributed by atoms with E-state index >= 15 is 0 Å². The van der Waals surface area contributed by atoms with Crippen molar-refractivity contribution in [2.45, 2.75) is 19.5 Å². The summed E-state index contributed by atoms with van der Waals surface area (Å²) < 4.78 is 0. The molecule has 7 heteroatoms. The molecule has 2 aromatic rings. The minimum absolute atomic E-state index is 0. The van der Waals surface area contributed by atoms with Gasteiger partial charge in [-0.2, -0.15) is 0 Å². The first-order valence-corrected chi connectivity index (χ1v) is 10.1. The van der Waals surface area contributed by atoms with Crippen LogP contribution in [-0.4, -0.2) is 67.6 Å². The standard InChI is InChI=1S/C22H30N6.HI/c1-23-22(28-10-9-19-5-3-4-6-20(19)17-28)25-16-18-7-8-21(24-15-18)27-13-11-26(2)12-14-27;/h3-8,15H,9-14,16-17H2,1-2H3,(H,23,25);1H. The molecule has 4 rings (SSSR count). The summed E-state index contributed by atoms with van der Waals surface area (Å²) in [5.74, 6) is 2.03. The number of likely N-dealkylation sites (N-methyl/N-ethyl adjacent to an activating group) is 1. The minimum Gasteiger partial charge on any atom is -0.354 e. The molecule has 0 atom stereocenters. The molecule has 1 fully saturated rings. The van der Waals surface area contributed by atoms with E-state index in [0.29, 0.717) is 0 Å². The molecule has 6 nitrogen and oxygen atoms in total. The summed E-state index contributed by atoms with van der Waals surface area (Å²) in [7, 11) is 4.03. The Morgan fingerprint density at radius 1 is 1.03 bits per heavy atom. The summed E-state index contributed by atoms with van der Waals surface area (Å²) in [6.07, 6.45) is 3.05. The highest BCUT2D eigenvalue weighted by molar-refractivity contribution is 14.0. The third-order valence-electron chi connectivity index (χ3n) is 5.73. The Balaban J connectivity index is 0.00000240. The molecule has 0 saturated carbocycles. The van der Waals surface area contributed by atoms with Crippen molar-refractivity contribution in [1.82, 2.24) is 20.1 Å². The first-order valence-electron chi connectivity index (χ1n) is 10.1. The largest absolute Gasteiger partial charge is 0.354 e. The van der Waals surface area contributed by atoms with Gasteiger partial charge in [0.2, 0.25) is 0 Å². The number of anilines is 1. The molecule has 2 aliphatic heterocycles. The van der Waals surface area contributed by atoms with E-state index in [9.17, 15) is 0 Å². The Bertz CT molecular complexity index is 814. The van der Waals surface area contributed by atoms with Crippen molar-refractivity contribution in [2.24, 2.45) is 4.99 Å². The lowest BCUT2D eigenvalue weighted by Crippen LogP contribution is -2.44. The second kappa shape index (κ2) is 10.2. The number of aliphatic imine (C=N–C) groups is 1. The first kappa shape index (κ1) is 21.8. The predicted molar refractivity (Wildman–Crippen MR) is 130 cm³/mol. The second-order valence-electron chi connectivity index (χ2n) is 7.66. The van der Waals surface area contributed by atoms with Gasteiger partial charge in [-0.25, -0.2) is 4.98 Å². The Labute approximate surface area is 191 Å². The summed E-state index contributed by atoms with van der Waals surface area (Å²) >= 11 is 0. The molecular weight excluding hydrogens is 475 g/mol. The van der Waals surface area contributed by atoms with E-state index in [0.717, 1.165) is 64.0 Å². The fourth-order valence-electron chi connectivity index (χ4n) is 3.93. The summed E-state index contributed by atoms with van der Waals surface area (Å²) in [5.41, 5.74) is 4.03. The van der Waals surface area contributed by atoms with Gasteiger partial charge in [0.1, 0.15) is 5.82 Å². The first-order chi connectivity index (χ1) is 13.7. The van der Waals surface area contributed by atoms with E-state index in [4.69, 9.17) is 0 Å². The average molecular weight is 506 g/mol. The molecule has 2 aliphatic rings. The molecule has 3 heterocycles. The van der Waals surface area contributed by atoms with Crippen LogP contribution in [0.3, 0.4) is 0 Å². The lowest BCUT2D eigenvalue weighted by atomic mass is 10.0. The fourth-order valence-corrected chi connectivity index (χ4v) is 3.93. The number of nitrogens with zero attached hydrogens (tertiary/aromatic N) is 5. The molecule has 1 aromatic heterocycles. The van der Waals surface area contributed by atoms with Gasteiger partial charge in [0.15, 0.2) is 5.96 Å². The maximum Gasteiger partial charge on any atom is 0.194 e.